The molecule has 0 aliphatic rings. The molecule has 1 aromatic heterocycles. The van der Waals surface area contributed by atoms with Gasteiger partial charge in [0.2, 0.25) is 0 Å². The first-order valence-electron chi connectivity index (χ1n) is 7.81. The van der Waals surface area contributed by atoms with Crippen molar-refractivity contribution < 1.29 is 9.47 Å². The summed E-state index contributed by atoms with van der Waals surface area (Å²) in [7, 11) is 0. The van der Waals surface area contributed by atoms with Gasteiger partial charge in [-0.15, -0.1) is 0 Å². The van der Waals surface area contributed by atoms with Gasteiger partial charge in [-0.05, 0) is 19.4 Å². The second kappa shape index (κ2) is 9.68. The Bertz CT molecular complexity index is 409. The number of aromatic nitrogens is 2. The van der Waals surface area contributed by atoms with Gasteiger partial charge < -0.3 is 14.8 Å². The van der Waals surface area contributed by atoms with Crippen LogP contribution in [0.3, 0.4) is 0 Å². The van der Waals surface area contributed by atoms with Gasteiger partial charge in [0.05, 0.1) is 18.5 Å². The highest BCUT2D eigenvalue weighted by molar-refractivity contribution is 5.25. The van der Waals surface area contributed by atoms with E-state index in [0.29, 0.717) is 38.2 Å². The number of hydrogen-bond donors (Lipinski definition) is 1. The average molecular weight is 295 g/mol. The molecule has 21 heavy (non-hydrogen) atoms. The summed E-state index contributed by atoms with van der Waals surface area (Å²) < 4.78 is 11.0. The summed E-state index contributed by atoms with van der Waals surface area (Å²) in [5.41, 5.74) is 0.922. The van der Waals surface area contributed by atoms with Crippen LogP contribution < -0.4 is 10.1 Å². The van der Waals surface area contributed by atoms with Gasteiger partial charge in [-0.1, -0.05) is 27.7 Å². The SMILES string of the molecule is CCOCCOc1cnc(C(C)C)nc1CNCC(C)C. The maximum absolute atomic E-state index is 5.74. The molecule has 120 valence electrons. The van der Waals surface area contributed by atoms with Crippen molar-refractivity contribution >= 4 is 0 Å². The first-order chi connectivity index (χ1) is 10.0. The lowest BCUT2D eigenvalue weighted by Crippen LogP contribution is -2.21. The molecule has 1 rings (SSSR count). The van der Waals surface area contributed by atoms with Crippen molar-refractivity contribution in [1.82, 2.24) is 15.3 Å². The zero-order chi connectivity index (χ0) is 15.7. The van der Waals surface area contributed by atoms with E-state index in [1.54, 1.807) is 6.20 Å². The lowest BCUT2D eigenvalue weighted by molar-refractivity contribution is 0.109. The summed E-state index contributed by atoms with van der Waals surface area (Å²) in [4.78, 5) is 9.00. The van der Waals surface area contributed by atoms with Gasteiger partial charge in [0.1, 0.15) is 12.4 Å². The third kappa shape index (κ3) is 6.87. The largest absolute Gasteiger partial charge is 0.488 e. The second-order valence-electron chi connectivity index (χ2n) is 5.76. The quantitative estimate of drug-likeness (QED) is 0.673. The van der Waals surface area contributed by atoms with Crippen LogP contribution in [0.4, 0.5) is 0 Å². The third-order valence-corrected chi connectivity index (χ3v) is 2.90. The van der Waals surface area contributed by atoms with Crippen LogP contribution in [0.25, 0.3) is 0 Å². The van der Waals surface area contributed by atoms with E-state index in [0.717, 1.165) is 23.8 Å². The van der Waals surface area contributed by atoms with Crippen LogP contribution in [0, 0.1) is 5.92 Å². The van der Waals surface area contributed by atoms with Crippen LogP contribution in [-0.2, 0) is 11.3 Å². The molecule has 0 radical (unpaired) electrons. The predicted octanol–water partition coefficient (Wildman–Crippen LogP) is 2.76. The molecule has 0 bridgehead atoms. The molecule has 0 aromatic carbocycles. The Labute approximate surface area is 128 Å². The number of nitrogens with zero attached hydrogens (tertiary/aromatic N) is 2. The molecule has 0 atom stereocenters. The highest BCUT2D eigenvalue weighted by Gasteiger charge is 2.11. The van der Waals surface area contributed by atoms with E-state index in [1.807, 2.05) is 6.92 Å². The highest BCUT2D eigenvalue weighted by Crippen LogP contribution is 2.18. The molecule has 0 aliphatic heterocycles. The van der Waals surface area contributed by atoms with Gasteiger partial charge >= 0.3 is 0 Å². The van der Waals surface area contributed by atoms with E-state index in [9.17, 15) is 0 Å². The average Bonchev–Trinajstić information content (AvgIpc) is 2.44. The first kappa shape index (κ1) is 17.9. The minimum Gasteiger partial charge on any atom is -0.488 e. The van der Waals surface area contributed by atoms with Crippen molar-refractivity contribution in [3.63, 3.8) is 0 Å². The lowest BCUT2D eigenvalue weighted by Gasteiger charge is -2.14. The van der Waals surface area contributed by atoms with E-state index in [1.165, 1.54) is 0 Å². The van der Waals surface area contributed by atoms with Gasteiger partial charge in [0.25, 0.3) is 0 Å². The Balaban J connectivity index is 2.69. The van der Waals surface area contributed by atoms with Gasteiger partial charge in [0, 0.05) is 19.1 Å². The van der Waals surface area contributed by atoms with Crippen LogP contribution in [-0.4, -0.2) is 36.3 Å². The Morgan fingerprint density at radius 1 is 1.19 bits per heavy atom. The van der Waals surface area contributed by atoms with E-state index in [2.05, 4.69) is 43.0 Å². The number of hydrogen-bond acceptors (Lipinski definition) is 5. The van der Waals surface area contributed by atoms with Crippen molar-refractivity contribution in [2.45, 2.75) is 47.1 Å². The van der Waals surface area contributed by atoms with Crippen molar-refractivity contribution in [2.24, 2.45) is 5.92 Å². The Morgan fingerprint density at radius 2 is 1.95 bits per heavy atom. The van der Waals surface area contributed by atoms with Gasteiger partial charge in [-0.3, -0.25) is 0 Å². The lowest BCUT2D eigenvalue weighted by atomic mass is 10.2. The number of rotatable bonds is 10. The first-order valence-corrected chi connectivity index (χ1v) is 7.81. The van der Waals surface area contributed by atoms with E-state index >= 15 is 0 Å². The van der Waals surface area contributed by atoms with E-state index in [4.69, 9.17) is 9.47 Å². The minimum atomic E-state index is 0.311. The Kier molecular flexibility index (Phi) is 8.23. The molecular formula is C16H29N3O2. The topological polar surface area (TPSA) is 56.3 Å². The Morgan fingerprint density at radius 3 is 2.57 bits per heavy atom. The molecule has 0 saturated carbocycles. The minimum absolute atomic E-state index is 0.311. The molecule has 0 unspecified atom stereocenters. The fourth-order valence-corrected chi connectivity index (χ4v) is 1.78. The predicted molar refractivity (Wildman–Crippen MR) is 84.7 cm³/mol. The molecule has 5 heteroatoms. The van der Waals surface area contributed by atoms with Crippen LogP contribution in [0.1, 0.15) is 52.1 Å². The van der Waals surface area contributed by atoms with E-state index in [-0.39, 0.29) is 0 Å². The molecular weight excluding hydrogens is 266 g/mol. The Hall–Kier alpha value is -1.20. The van der Waals surface area contributed by atoms with Crippen molar-refractivity contribution in [1.29, 1.82) is 0 Å². The summed E-state index contributed by atoms with van der Waals surface area (Å²) in [6.07, 6.45) is 1.78. The smallest absolute Gasteiger partial charge is 0.160 e. The molecule has 0 fully saturated rings. The zero-order valence-electron chi connectivity index (χ0n) is 14.0. The molecule has 0 saturated heterocycles. The molecule has 1 heterocycles. The number of ether oxygens (including phenoxy) is 2. The third-order valence-electron chi connectivity index (χ3n) is 2.90. The number of nitrogens with one attached hydrogen (secondary N) is 1. The molecule has 1 aromatic rings. The van der Waals surface area contributed by atoms with Crippen LogP contribution in [0.2, 0.25) is 0 Å². The van der Waals surface area contributed by atoms with Crippen LogP contribution >= 0.6 is 0 Å². The summed E-state index contributed by atoms with van der Waals surface area (Å²) in [5, 5.41) is 3.41. The molecule has 0 aliphatic carbocycles. The standard InChI is InChI=1S/C16H29N3O2/c1-6-20-7-8-21-15-11-18-16(13(4)5)19-14(15)10-17-9-12(2)3/h11-13,17H,6-10H2,1-5H3. The monoisotopic (exact) mass is 295 g/mol. The van der Waals surface area contributed by atoms with Gasteiger partial charge in [-0.2, -0.15) is 0 Å². The van der Waals surface area contributed by atoms with Gasteiger partial charge in [0.15, 0.2) is 5.75 Å². The maximum Gasteiger partial charge on any atom is 0.160 e. The molecule has 5 nitrogen and oxygen atoms in total. The van der Waals surface area contributed by atoms with Crippen LogP contribution in [0.15, 0.2) is 6.20 Å². The summed E-state index contributed by atoms with van der Waals surface area (Å²) in [6.45, 7) is 14.0. The zero-order valence-corrected chi connectivity index (χ0v) is 14.0. The van der Waals surface area contributed by atoms with Crippen molar-refractivity contribution in [3.05, 3.63) is 17.7 Å². The van der Waals surface area contributed by atoms with Gasteiger partial charge in [-0.25, -0.2) is 9.97 Å². The van der Waals surface area contributed by atoms with Crippen LogP contribution in [0.5, 0.6) is 5.75 Å². The van der Waals surface area contributed by atoms with Crippen molar-refractivity contribution in [2.75, 3.05) is 26.4 Å². The summed E-state index contributed by atoms with van der Waals surface area (Å²) in [6, 6.07) is 0. The maximum atomic E-state index is 5.74. The second-order valence-corrected chi connectivity index (χ2v) is 5.76. The van der Waals surface area contributed by atoms with Crippen molar-refractivity contribution in [3.8, 4) is 5.75 Å². The highest BCUT2D eigenvalue weighted by atomic mass is 16.5. The fourth-order valence-electron chi connectivity index (χ4n) is 1.78. The summed E-state index contributed by atoms with van der Waals surface area (Å²) >= 11 is 0. The normalized spacial score (nSPS) is 11.4. The molecule has 0 amide bonds. The molecule has 0 spiro atoms. The summed E-state index contributed by atoms with van der Waals surface area (Å²) in [5.74, 6) is 2.52. The fraction of sp³-hybridized carbons (Fsp3) is 0.750. The van der Waals surface area contributed by atoms with E-state index < -0.39 is 0 Å². The molecule has 1 N–H and O–H groups in total.